The third kappa shape index (κ3) is 2.62. The van der Waals surface area contributed by atoms with Gasteiger partial charge in [-0.05, 0) is 31.2 Å². The van der Waals surface area contributed by atoms with Gasteiger partial charge in [0.25, 0.3) is 0 Å². The van der Waals surface area contributed by atoms with Gasteiger partial charge in [0.15, 0.2) is 0 Å². The smallest absolute Gasteiger partial charge is 0.203 e. The number of hydrogen-bond acceptors (Lipinski definition) is 4. The Morgan fingerprint density at radius 2 is 2.26 bits per heavy atom. The molecule has 1 unspecified atom stereocenters. The average Bonchev–Trinajstić information content (AvgIpc) is 3.23. The quantitative estimate of drug-likeness (QED) is 0.731. The van der Waals surface area contributed by atoms with Crippen molar-refractivity contribution in [2.75, 3.05) is 18.4 Å². The van der Waals surface area contributed by atoms with Gasteiger partial charge >= 0.3 is 0 Å². The Labute approximate surface area is 134 Å². The van der Waals surface area contributed by atoms with Crippen LogP contribution in [0.3, 0.4) is 0 Å². The first-order valence-corrected chi connectivity index (χ1v) is 7.63. The van der Waals surface area contributed by atoms with Crippen LogP contribution in [0.4, 0.5) is 11.5 Å². The molecule has 1 aliphatic rings. The highest BCUT2D eigenvalue weighted by Crippen LogP contribution is 2.23. The zero-order chi connectivity index (χ0) is 15.6. The Balaban J connectivity index is 1.71. The normalized spacial score (nSPS) is 17.3. The van der Waals surface area contributed by atoms with Crippen molar-refractivity contribution in [3.63, 3.8) is 0 Å². The molecule has 6 heteroatoms. The monoisotopic (exact) mass is 304 g/mol. The van der Waals surface area contributed by atoms with E-state index in [-0.39, 0.29) is 0 Å². The van der Waals surface area contributed by atoms with Crippen molar-refractivity contribution >= 4 is 17.2 Å². The molecule has 1 fully saturated rings. The van der Waals surface area contributed by atoms with Crippen LogP contribution >= 0.6 is 0 Å². The molecule has 0 radical (unpaired) electrons. The number of pyridine rings is 2. The van der Waals surface area contributed by atoms with E-state index in [0.717, 1.165) is 42.4 Å². The first-order valence-electron chi connectivity index (χ1n) is 7.63. The van der Waals surface area contributed by atoms with E-state index in [4.69, 9.17) is 11.6 Å². The lowest BCUT2D eigenvalue weighted by atomic mass is 10.2. The number of anilines is 1. The lowest BCUT2D eigenvalue weighted by Crippen LogP contribution is -2.22. The summed E-state index contributed by atoms with van der Waals surface area (Å²) in [7, 11) is 0. The predicted octanol–water partition coefficient (Wildman–Crippen LogP) is 2.72. The number of imidazole rings is 1. The van der Waals surface area contributed by atoms with E-state index in [9.17, 15) is 0 Å². The molecule has 0 aromatic carbocycles. The summed E-state index contributed by atoms with van der Waals surface area (Å²) in [6.45, 7) is 9.18. The highest BCUT2D eigenvalue weighted by Gasteiger charge is 2.15. The molecule has 114 valence electrons. The molecule has 1 atom stereocenters. The molecule has 0 saturated carbocycles. The van der Waals surface area contributed by atoms with Gasteiger partial charge in [-0.25, -0.2) is 14.8 Å². The summed E-state index contributed by atoms with van der Waals surface area (Å²) >= 11 is 0. The molecule has 23 heavy (non-hydrogen) atoms. The lowest BCUT2D eigenvalue weighted by molar-refractivity contribution is 0.788. The van der Waals surface area contributed by atoms with Gasteiger partial charge in [0, 0.05) is 18.8 Å². The number of fused-ring (bicyclic) bond motifs is 1. The van der Waals surface area contributed by atoms with Crippen LogP contribution in [-0.4, -0.2) is 33.5 Å². The zero-order valence-corrected chi connectivity index (χ0v) is 12.5. The molecule has 0 amide bonds. The summed E-state index contributed by atoms with van der Waals surface area (Å²) in [4.78, 5) is 12.6. The summed E-state index contributed by atoms with van der Waals surface area (Å²) in [5, 5.41) is 6.80. The van der Waals surface area contributed by atoms with Crippen molar-refractivity contribution in [1.29, 1.82) is 0 Å². The highest BCUT2D eigenvalue weighted by atomic mass is 15.1. The van der Waals surface area contributed by atoms with Gasteiger partial charge in [-0.2, -0.15) is 0 Å². The molecule has 4 rings (SSSR count). The number of nitrogens with one attached hydrogen (secondary N) is 2. The third-order valence-electron chi connectivity index (χ3n) is 4.04. The average molecular weight is 304 g/mol. The predicted molar refractivity (Wildman–Crippen MR) is 89.6 cm³/mol. The molecule has 0 spiro atoms. The summed E-state index contributed by atoms with van der Waals surface area (Å²) in [6.07, 6.45) is 4.70. The first kappa shape index (κ1) is 13.7. The van der Waals surface area contributed by atoms with Crippen molar-refractivity contribution < 1.29 is 0 Å². The maximum atomic E-state index is 7.17. The SMILES string of the molecule is [C-]#[N+]c1ccc2ncc(-c3cccc(NC4CCNC4)n3)n2c1. The molecule has 2 N–H and O–H groups in total. The van der Waals surface area contributed by atoms with Crippen molar-refractivity contribution in [2.24, 2.45) is 0 Å². The van der Waals surface area contributed by atoms with Crippen molar-refractivity contribution in [2.45, 2.75) is 12.5 Å². The van der Waals surface area contributed by atoms with E-state index in [1.54, 1.807) is 18.5 Å². The second-order valence-electron chi connectivity index (χ2n) is 5.61. The second kappa shape index (κ2) is 5.71. The van der Waals surface area contributed by atoms with E-state index in [1.165, 1.54) is 0 Å². The Morgan fingerprint density at radius 3 is 3.09 bits per heavy atom. The molecular weight excluding hydrogens is 288 g/mol. The number of aromatic nitrogens is 3. The van der Waals surface area contributed by atoms with Crippen LogP contribution in [0.25, 0.3) is 21.9 Å². The fraction of sp³-hybridized carbons (Fsp3) is 0.235. The molecule has 1 aliphatic heterocycles. The Morgan fingerprint density at radius 1 is 1.30 bits per heavy atom. The van der Waals surface area contributed by atoms with E-state index in [1.807, 2.05) is 28.7 Å². The van der Waals surface area contributed by atoms with Gasteiger partial charge in [0.05, 0.1) is 24.2 Å². The van der Waals surface area contributed by atoms with E-state index in [0.29, 0.717) is 11.7 Å². The van der Waals surface area contributed by atoms with Crippen LogP contribution in [-0.2, 0) is 0 Å². The first-order chi connectivity index (χ1) is 11.3. The summed E-state index contributed by atoms with van der Waals surface area (Å²) in [5.74, 6) is 0.868. The maximum absolute atomic E-state index is 7.17. The summed E-state index contributed by atoms with van der Waals surface area (Å²) < 4.78 is 1.91. The van der Waals surface area contributed by atoms with Crippen molar-refractivity contribution in [3.8, 4) is 11.4 Å². The van der Waals surface area contributed by atoms with Crippen LogP contribution in [0.2, 0.25) is 0 Å². The van der Waals surface area contributed by atoms with E-state index >= 15 is 0 Å². The minimum Gasteiger partial charge on any atom is -0.366 e. The standard InChI is InChI=1S/C17H16N6/c1-18-13-5-6-17-20-10-15(23(17)11-13)14-3-2-4-16(22-14)21-12-7-8-19-9-12/h2-6,10-12,19H,7-9H2,(H,21,22). The Kier molecular flexibility index (Phi) is 3.41. The van der Waals surface area contributed by atoms with Gasteiger partial charge in [0.1, 0.15) is 11.5 Å². The topological polar surface area (TPSA) is 58.6 Å². The van der Waals surface area contributed by atoms with Crippen molar-refractivity contribution in [3.05, 3.63) is 54.1 Å². The maximum Gasteiger partial charge on any atom is 0.203 e. The minimum absolute atomic E-state index is 0.425. The zero-order valence-electron chi connectivity index (χ0n) is 12.5. The highest BCUT2D eigenvalue weighted by molar-refractivity contribution is 5.64. The Bertz CT molecular complexity index is 885. The second-order valence-corrected chi connectivity index (χ2v) is 5.61. The molecule has 3 aromatic heterocycles. The molecule has 0 bridgehead atoms. The van der Waals surface area contributed by atoms with Gasteiger partial charge in [-0.3, -0.25) is 0 Å². The third-order valence-corrected chi connectivity index (χ3v) is 4.04. The molecule has 6 nitrogen and oxygen atoms in total. The van der Waals surface area contributed by atoms with Gasteiger partial charge in [-0.15, -0.1) is 0 Å². The molecular formula is C17H16N6. The fourth-order valence-electron chi connectivity index (χ4n) is 2.87. The van der Waals surface area contributed by atoms with Gasteiger partial charge in [-0.1, -0.05) is 12.1 Å². The Hall–Kier alpha value is -2.91. The minimum atomic E-state index is 0.425. The van der Waals surface area contributed by atoms with Gasteiger partial charge in [0.2, 0.25) is 5.69 Å². The molecule has 4 heterocycles. The number of nitrogens with zero attached hydrogens (tertiary/aromatic N) is 4. The molecule has 0 aliphatic carbocycles. The summed E-state index contributed by atoms with van der Waals surface area (Å²) in [5.41, 5.74) is 3.13. The summed E-state index contributed by atoms with van der Waals surface area (Å²) in [6, 6.07) is 9.99. The number of hydrogen-bond donors (Lipinski definition) is 2. The van der Waals surface area contributed by atoms with E-state index in [2.05, 4.69) is 20.5 Å². The van der Waals surface area contributed by atoms with Gasteiger partial charge < -0.3 is 15.0 Å². The molecule has 3 aromatic rings. The van der Waals surface area contributed by atoms with Crippen LogP contribution in [0, 0.1) is 6.57 Å². The van der Waals surface area contributed by atoms with Crippen LogP contribution < -0.4 is 10.6 Å². The van der Waals surface area contributed by atoms with Crippen molar-refractivity contribution in [1.82, 2.24) is 19.7 Å². The fourth-order valence-corrected chi connectivity index (χ4v) is 2.87. The molecule has 1 saturated heterocycles. The largest absolute Gasteiger partial charge is 0.366 e. The van der Waals surface area contributed by atoms with Crippen LogP contribution in [0.15, 0.2) is 42.7 Å². The number of rotatable bonds is 3. The van der Waals surface area contributed by atoms with Crippen LogP contribution in [0.5, 0.6) is 0 Å². The lowest BCUT2D eigenvalue weighted by Gasteiger charge is -2.12. The van der Waals surface area contributed by atoms with Crippen LogP contribution in [0.1, 0.15) is 6.42 Å². The van der Waals surface area contributed by atoms with E-state index < -0.39 is 0 Å².